The van der Waals surface area contributed by atoms with Crippen LogP contribution in [0.15, 0.2) is 48.9 Å². The van der Waals surface area contributed by atoms with Gasteiger partial charge in [-0.2, -0.15) is 0 Å². The summed E-state index contributed by atoms with van der Waals surface area (Å²) in [5.41, 5.74) is 3.23. The van der Waals surface area contributed by atoms with E-state index >= 15 is 0 Å². The summed E-state index contributed by atoms with van der Waals surface area (Å²) < 4.78 is 19.2. The van der Waals surface area contributed by atoms with Crippen LogP contribution in [-0.2, 0) is 20.4 Å². The molecule has 1 spiro atoms. The van der Waals surface area contributed by atoms with Gasteiger partial charge >= 0.3 is 0 Å². The van der Waals surface area contributed by atoms with E-state index in [0.717, 1.165) is 56.8 Å². The first-order valence-corrected chi connectivity index (χ1v) is 15.6. The molecule has 4 heterocycles. The van der Waals surface area contributed by atoms with Crippen molar-refractivity contribution in [3.8, 4) is 11.5 Å². The maximum Gasteiger partial charge on any atom is 0.234 e. The van der Waals surface area contributed by atoms with Gasteiger partial charge in [-0.05, 0) is 97.1 Å². The summed E-state index contributed by atoms with van der Waals surface area (Å²) in [6, 6.07) is 10.6. The van der Waals surface area contributed by atoms with Gasteiger partial charge < -0.3 is 20.1 Å². The van der Waals surface area contributed by atoms with Crippen LogP contribution in [0, 0.1) is 17.2 Å². The van der Waals surface area contributed by atoms with Crippen molar-refractivity contribution in [2.24, 2.45) is 11.3 Å². The number of amides is 1. The fraction of sp³-hybridized carbons (Fsp3) is 0.469. The van der Waals surface area contributed by atoms with E-state index in [1.54, 1.807) is 12.3 Å². The summed E-state index contributed by atoms with van der Waals surface area (Å²) in [7, 11) is 0. The second-order valence-electron chi connectivity index (χ2n) is 12.9. The van der Waals surface area contributed by atoms with Crippen molar-refractivity contribution in [2.75, 3.05) is 36.4 Å². The van der Waals surface area contributed by atoms with Crippen LogP contribution >= 0.6 is 22.6 Å². The maximum atomic E-state index is 14.2. The largest absolute Gasteiger partial charge is 0.451 e. The summed E-state index contributed by atoms with van der Waals surface area (Å²) in [5, 5.41) is 14.2. The van der Waals surface area contributed by atoms with Gasteiger partial charge in [-0.25, -0.2) is 14.4 Å². The van der Waals surface area contributed by atoms with Gasteiger partial charge in [-0.15, -0.1) is 0 Å². The number of fused-ring (bicyclic) bond motifs is 1. The molecule has 0 aliphatic carbocycles. The van der Waals surface area contributed by atoms with Crippen molar-refractivity contribution in [1.29, 1.82) is 0 Å². The highest BCUT2D eigenvalue weighted by Gasteiger charge is 2.45. The minimum Gasteiger partial charge on any atom is -0.451 e. The highest BCUT2D eigenvalue weighted by molar-refractivity contribution is 14.1. The molecule has 0 saturated carbocycles. The molecule has 3 aromatic rings. The number of benzene rings is 2. The zero-order valence-electron chi connectivity index (χ0n) is 24.5. The van der Waals surface area contributed by atoms with E-state index in [-0.39, 0.29) is 17.2 Å². The first kappa shape index (κ1) is 29.3. The number of carbonyl (C=O) groups excluding carboxylic acids is 1. The zero-order chi connectivity index (χ0) is 29.9. The van der Waals surface area contributed by atoms with Gasteiger partial charge in [0, 0.05) is 42.8 Å². The Morgan fingerprint density at radius 1 is 1.14 bits per heavy atom. The van der Waals surface area contributed by atoms with E-state index in [0.29, 0.717) is 22.9 Å². The summed E-state index contributed by atoms with van der Waals surface area (Å²) in [6.45, 7) is 12.2. The predicted octanol–water partition coefficient (Wildman–Crippen LogP) is 5.98. The lowest BCUT2D eigenvalue weighted by Gasteiger charge is -2.29. The third-order valence-corrected chi connectivity index (χ3v) is 11.0. The maximum absolute atomic E-state index is 14.2. The van der Waals surface area contributed by atoms with Crippen LogP contribution in [0.2, 0.25) is 0 Å². The Morgan fingerprint density at radius 3 is 2.71 bits per heavy atom. The molecule has 1 amide bonds. The van der Waals surface area contributed by atoms with Crippen molar-refractivity contribution >= 4 is 40.0 Å². The van der Waals surface area contributed by atoms with E-state index in [9.17, 15) is 14.3 Å². The molecular weight excluding hydrogens is 648 g/mol. The van der Waals surface area contributed by atoms with Crippen LogP contribution in [0.4, 0.5) is 15.9 Å². The molecule has 3 aliphatic heterocycles. The van der Waals surface area contributed by atoms with E-state index in [1.807, 2.05) is 50.3 Å². The lowest BCUT2D eigenvalue weighted by atomic mass is 9.86. The van der Waals surface area contributed by atoms with Crippen LogP contribution in [0.25, 0.3) is 0 Å². The molecule has 1 aromatic heterocycles. The van der Waals surface area contributed by atoms with Gasteiger partial charge in [0.25, 0.3) is 0 Å². The Morgan fingerprint density at radius 2 is 1.93 bits per heavy atom. The number of nitrogens with one attached hydrogen (secondary N) is 1. The number of ether oxygens (including phenoxy) is 1. The second-order valence-corrected chi connectivity index (χ2v) is 14.5. The number of anilines is 2. The van der Waals surface area contributed by atoms with E-state index in [1.165, 1.54) is 24.0 Å². The zero-order valence-corrected chi connectivity index (χ0v) is 26.6. The monoisotopic (exact) mass is 685 g/mol. The van der Waals surface area contributed by atoms with E-state index < -0.39 is 14.8 Å². The van der Waals surface area contributed by atoms with Crippen molar-refractivity contribution in [2.45, 2.75) is 56.1 Å². The summed E-state index contributed by atoms with van der Waals surface area (Å²) >= 11 is 1.95. The molecule has 2 saturated heterocycles. The molecule has 222 valence electrons. The molecule has 2 N–H and O–H groups in total. The van der Waals surface area contributed by atoms with Crippen LogP contribution < -0.4 is 15.0 Å². The fourth-order valence-corrected chi connectivity index (χ4v) is 6.95. The Balaban J connectivity index is 1.16. The number of halogens is 2. The van der Waals surface area contributed by atoms with Gasteiger partial charge in [0.05, 0.1) is 11.6 Å². The standard InChI is InChI=1S/C32H37FIN5O3/c1-20(2)32(34,41)24-14-22(33)6-8-26(24)42-27-15-35-19-36-28(27)39-12-10-31(18-39)9-11-38(17-31)16-21-5-7-23-25(13-21)37-29(40)30(23,3)4/h5-8,13-15,19-20,41H,9-12,16-18H2,1-4H3,(H,37,40). The number of aromatic nitrogens is 2. The molecule has 2 aromatic carbocycles. The van der Waals surface area contributed by atoms with Crippen LogP contribution in [0.5, 0.6) is 11.5 Å². The van der Waals surface area contributed by atoms with Crippen molar-refractivity contribution in [3.63, 3.8) is 0 Å². The lowest BCUT2D eigenvalue weighted by Crippen LogP contribution is -2.31. The number of nitrogens with zero attached hydrogens (tertiary/aromatic N) is 4. The molecule has 6 rings (SSSR count). The summed E-state index contributed by atoms with van der Waals surface area (Å²) in [4.78, 5) is 25.9. The first-order valence-electron chi connectivity index (χ1n) is 14.5. The minimum atomic E-state index is -1.31. The Kier molecular flexibility index (Phi) is 7.46. The van der Waals surface area contributed by atoms with E-state index in [4.69, 9.17) is 4.74 Å². The SMILES string of the molecule is CC(C)C(O)(I)c1cc(F)ccc1Oc1cncnc1N1CCC2(CCN(Cc3ccc4c(c3)NC(=O)C4(C)C)C2)C1. The number of carbonyl (C=O) groups is 1. The Hall–Kier alpha value is -2.83. The topological polar surface area (TPSA) is 90.8 Å². The number of rotatable bonds is 7. The van der Waals surface area contributed by atoms with Gasteiger partial charge in [0.2, 0.25) is 5.91 Å². The van der Waals surface area contributed by atoms with Crippen LogP contribution in [0.1, 0.15) is 57.2 Å². The van der Waals surface area contributed by atoms with Crippen molar-refractivity contribution in [1.82, 2.24) is 14.9 Å². The second kappa shape index (κ2) is 10.7. The molecule has 3 aliphatic rings. The molecule has 2 atom stereocenters. The van der Waals surface area contributed by atoms with Gasteiger partial charge in [-0.3, -0.25) is 9.69 Å². The molecule has 2 fully saturated rings. The number of hydrogen-bond donors (Lipinski definition) is 2. The first-order chi connectivity index (χ1) is 19.9. The lowest BCUT2D eigenvalue weighted by molar-refractivity contribution is -0.119. The van der Waals surface area contributed by atoms with Gasteiger partial charge in [-0.1, -0.05) is 26.0 Å². The average Bonchev–Trinajstić information content (AvgIpc) is 3.61. The Labute approximate surface area is 259 Å². The minimum absolute atomic E-state index is 0.0504. The highest BCUT2D eigenvalue weighted by Crippen LogP contribution is 2.46. The molecule has 0 radical (unpaired) electrons. The smallest absolute Gasteiger partial charge is 0.234 e. The third kappa shape index (κ3) is 5.26. The van der Waals surface area contributed by atoms with Crippen LogP contribution in [-0.4, -0.2) is 52.1 Å². The van der Waals surface area contributed by atoms with Gasteiger partial charge in [0.1, 0.15) is 21.5 Å². The molecule has 0 bridgehead atoms. The molecule has 10 heteroatoms. The third-order valence-electron chi connectivity index (χ3n) is 9.20. The average molecular weight is 686 g/mol. The predicted molar refractivity (Wildman–Crippen MR) is 169 cm³/mol. The summed E-state index contributed by atoms with van der Waals surface area (Å²) in [5.74, 6) is 1.02. The highest BCUT2D eigenvalue weighted by atomic mass is 127. The molecule has 42 heavy (non-hydrogen) atoms. The van der Waals surface area contributed by atoms with Crippen molar-refractivity contribution in [3.05, 3.63) is 71.4 Å². The normalized spacial score (nSPS) is 23.0. The molecular formula is C32H37FIN5O3. The van der Waals surface area contributed by atoms with E-state index in [2.05, 4.69) is 43.3 Å². The molecule has 2 unspecified atom stereocenters. The number of alkyl halides is 1. The fourth-order valence-electron chi connectivity index (χ4n) is 6.52. The quantitative estimate of drug-likeness (QED) is 0.234. The Bertz CT molecular complexity index is 1530. The number of likely N-dealkylation sites (tertiary alicyclic amines) is 1. The number of hydrogen-bond acceptors (Lipinski definition) is 7. The van der Waals surface area contributed by atoms with Gasteiger partial charge in [0.15, 0.2) is 11.6 Å². The molecule has 8 nitrogen and oxygen atoms in total. The summed E-state index contributed by atoms with van der Waals surface area (Å²) in [6.07, 6.45) is 5.30. The number of aliphatic hydroxyl groups is 1. The van der Waals surface area contributed by atoms with Crippen LogP contribution in [0.3, 0.4) is 0 Å². The van der Waals surface area contributed by atoms with Crippen molar-refractivity contribution < 1.29 is 19.0 Å².